The molecule has 1 aliphatic carbocycles. The van der Waals surface area contributed by atoms with E-state index in [1.165, 1.54) is 32.5 Å². The van der Waals surface area contributed by atoms with E-state index in [4.69, 9.17) is 23.4 Å². The highest BCUT2D eigenvalue weighted by atomic mass is 16.5. The van der Waals surface area contributed by atoms with Gasteiger partial charge in [0.1, 0.15) is 11.8 Å². The minimum absolute atomic E-state index is 0.0229. The fourth-order valence-corrected chi connectivity index (χ4v) is 4.85. The lowest BCUT2D eigenvalue weighted by Gasteiger charge is -2.33. The Kier molecular flexibility index (Phi) is 8.78. The lowest BCUT2D eigenvalue weighted by atomic mass is 10.00. The van der Waals surface area contributed by atoms with Crippen LogP contribution in [-0.4, -0.2) is 45.8 Å². The van der Waals surface area contributed by atoms with Crippen LogP contribution in [0, 0.1) is 0 Å². The highest BCUT2D eigenvalue weighted by molar-refractivity contribution is 6.09. The molecule has 1 heterocycles. The van der Waals surface area contributed by atoms with Gasteiger partial charge in [-0.3, -0.25) is 14.5 Å². The summed E-state index contributed by atoms with van der Waals surface area (Å²) in [7, 11) is 4.52. The molecule has 202 valence electrons. The number of hydrogen-bond donors (Lipinski definition) is 1. The molecule has 1 N–H and O–H groups in total. The van der Waals surface area contributed by atoms with Crippen molar-refractivity contribution in [2.75, 3.05) is 32.8 Å². The summed E-state index contributed by atoms with van der Waals surface area (Å²) >= 11 is 0. The second-order valence-corrected chi connectivity index (χ2v) is 8.90. The molecular formula is C29H34N2O7. The lowest BCUT2D eigenvalue weighted by Crippen LogP contribution is -2.46. The van der Waals surface area contributed by atoms with Crippen LogP contribution in [0.1, 0.15) is 54.8 Å². The first-order chi connectivity index (χ1) is 18.5. The topological polar surface area (TPSA) is 99.5 Å². The van der Waals surface area contributed by atoms with Gasteiger partial charge in [-0.15, -0.1) is 0 Å². The van der Waals surface area contributed by atoms with E-state index in [1.807, 2.05) is 13.0 Å². The fourth-order valence-electron chi connectivity index (χ4n) is 4.85. The van der Waals surface area contributed by atoms with Crippen molar-refractivity contribution in [3.05, 3.63) is 66.1 Å². The molecule has 1 saturated carbocycles. The summed E-state index contributed by atoms with van der Waals surface area (Å²) in [6, 6.07) is 12.6. The molecule has 0 spiro atoms. The number of ether oxygens (including phenoxy) is 4. The van der Waals surface area contributed by atoms with Gasteiger partial charge in [0.15, 0.2) is 17.3 Å². The van der Waals surface area contributed by atoms with Gasteiger partial charge in [-0.05, 0) is 61.7 Å². The van der Waals surface area contributed by atoms with Crippen molar-refractivity contribution in [2.45, 2.75) is 44.7 Å². The van der Waals surface area contributed by atoms with Crippen LogP contribution in [0.3, 0.4) is 0 Å². The normalized spacial score (nSPS) is 14.0. The SMILES string of the molecule is CCOc1ccccc1N(C(=O)c1ccco1)[C@H](C(=O)NC1CCCC1)c1cc(OC)c(OC)c(OC)c1. The van der Waals surface area contributed by atoms with Crippen molar-refractivity contribution in [1.82, 2.24) is 5.32 Å². The van der Waals surface area contributed by atoms with Crippen LogP contribution in [0.4, 0.5) is 5.69 Å². The van der Waals surface area contributed by atoms with Gasteiger partial charge in [0.25, 0.3) is 5.91 Å². The van der Waals surface area contributed by atoms with Crippen LogP contribution in [0.25, 0.3) is 0 Å². The van der Waals surface area contributed by atoms with Gasteiger partial charge in [-0.25, -0.2) is 0 Å². The maximum Gasteiger partial charge on any atom is 0.295 e. The van der Waals surface area contributed by atoms with Crippen LogP contribution < -0.4 is 29.2 Å². The maximum absolute atomic E-state index is 14.1. The molecule has 1 atom stereocenters. The maximum atomic E-state index is 14.1. The van der Waals surface area contributed by atoms with Crippen LogP contribution in [0.5, 0.6) is 23.0 Å². The summed E-state index contributed by atoms with van der Waals surface area (Å²) in [5.41, 5.74) is 0.900. The second-order valence-electron chi connectivity index (χ2n) is 8.90. The summed E-state index contributed by atoms with van der Waals surface area (Å²) in [6.45, 7) is 2.24. The van der Waals surface area contributed by atoms with Crippen molar-refractivity contribution in [1.29, 1.82) is 0 Å². The number of carbonyl (C=O) groups is 2. The van der Waals surface area contributed by atoms with Gasteiger partial charge >= 0.3 is 0 Å². The zero-order valence-corrected chi connectivity index (χ0v) is 22.2. The van der Waals surface area contributed by atoms with Crippen molar-refractivity contribution in [3.8, 4) is 23.0 Å². The molecule has 0 unspecified atom stereocenters. The number of nitrogens with one attached hydrogen (secondary N) is 1. The van der Waals surface area contributed by atoms with E-state index in [-0.39, 0.29) is 17.7 Å². The number of benzene rings is 2. The Labute approximate surface area is 222 Å². The molecule has 0 bridgehead atoms. The van der Waals surface area contributed by atoms with Crippen LogP contribution in [0.2, 0.25) is 0 Å². The van der Waals surface area contributed by atoms with Gasteiger partial charge in [0.05, 0.1) is 39.9 Å². The van der Waals surface area contributed by atoms with Crippen molar-refractivity contribution < 1.29 is 33.0 Å². The van der Waals surface area contributed by atoms with Crippen molar-refractivity contribution in [2.24, 2.45) is 0 Å². The van der Waals surface area contributed by atoms with Gasteiger partial charge in [0.2, 0.25) is 11.7 Å². The van der Waals surface area contributed by atoms with Crippen molar-refractivity contribution >= 4 is 17.5 Å². The summed E-state index contributed by atoms with van der Waals surface area (Å²) < 4.78 is 28.0. The van der Waals surface area contributed by atoms with Crippen LogP contribution in [-0.2, 0) is 4.79 Å². The first kappa shape index (κ1) is 26.9. The van der Waals surface area contributed by atoms with Gasteiger partial charge in [-0.2, -0.15) is 0 Å². The molecule has 1 fully saturated rings. The molecular weight excluding hydrogens is 488 g/mol. The van der Waals surface area contributed by atoms with Crippen LogP contribution in [0.15, 0.2) is 59.2 Å². The molecule has 0 saturated heterocycles. The second kappa shape index (κ2) is 12.4. The largest absolute Gasteiger partial charge is 0.493 e. The summed E-state index contributed by atoms with van der Waals surface area (Å²) in [6.07, 6.45) is 5.28. The monoisotopic (exact) mass is 522 g/mol. The molecule has 1 aliphatic rings. The molecule has 4 rings (SSSR count). The third-order valence-electron chi connectivity index (χ3n) is 6.59. The molecule has 9 nitrogen and oxygen atoms in total. The lowest BCUT2D eigenvalue weighted by molar-refractivity contribution is -0.123. The number of para-hydroxylation sites is 2. The first-order valence-corrected chi connectivity index (χ1v) is 12.7. The summed E-state index contributed by atoms with van der Waals surface area (Å²) in [4.78, 5) is 29.6. The predicted octanol–water partition coefficient (Wildman–Crippen LogP) is 5.15. The quantitative estimate of drug-likeness (QED) is 0.372. The molecule has 9 heteroatoms. The van der Waals surface area contributed by atoms with E-state index in [2.05, 4.69) is 5.32 Å². The minimum atomic E-state index is -1.11. The third-order valence-corrected chi connectivity index (χ3v) is 6.59. The molecule has 1 aromatic heterocycles. The van der Waals surface area contributed by atoms with Crippen molar-refractivity contribution in [3.63, 3.8) is 0 Å². The smallest absolute Gasteiger partial charge is 0.295 e. The van der Waals surface area contributed by atoms with E-state index in [1.54, 1.807) is 42.5 Å². The number of amides is 2. The number of anilines is 1. The highest BCUT2D eigenvalue weighted by Crippen LogP contribution is 2.43. The fraction of sp³-hybridized carbons (Fsp3) is 0.379. The Bertz CT molecular complexity index is 1210. The molecule has 38 heavy (non-hydrogen) atoms. The number of hydrogen-bond acceptors (Lipinski definition) is 7. The summed E-state index contributed by atoms with van der Waals surface area (Å²) in [5, 5.41) is 3.17. The number of rotatable bonds is 11. The Morgan fingerprint density at radius 3 is 2.24 bits per heavy atom. The van der Waals surface area contributed by atoms with Gasteiger partial charge < -0.3 is 28.7 Å². The predicted molar refractivity (Wildman–Crippen MR) is 142 cm³/mol. The van der Waals surface area contributed by atoms with Gasteiger partial charge in [0, 0.05) is 6.04 Å². The Hall–Kier alpha value is -4.14. The molecule has 3 aromatic rings. The molecule has 0 aliphatic heterocycles. The van der Waals surface area contributed by atoms with E-state index in [9.17, 15) is 9.59 Å². The molecule has 2 amide bonds. The third kappa shape index (κ3) is 5.56. The van der Waals surface area contributed by atoms with Gasteiger partial charge in [-0.1, -0.05) is 25.0 Å². The van der Waals surface area contributed by atoms with E-state index < -0.39 is 11.9 Å². The highest BCUT2D eigenvalue weighted by Gasteiger charge is 2.38. The average molecular weight is 523 g/mol. The minimum Gasteiger partial charge on any atom is -0.493 e. The Morgan fingerprint density at radius 2 is 1.66 bits per heavy atom. The first-order valence-electron chi connectivity index (χ1n) is 12.7. The number of methoxy groups -OCH3 is 3. The number of nitrogens with zero attached hydrogens (tertiary/aromatic N) is 1. The number of furan rings is 1. The van der Waals surface area contributed by atoms with E-state index in [0.29, 0.717) is 40.9 Å². The number of carbonyl (C=O) groups excluding carboxylic acids is 2. The Morgan fingerprint density at radius 1 is 0.974 bits per heavy atom. The summed E-state index contributed by atoms with van der Waals surface area (Å²) in [5.74, 6) is 0.823. The molecule has 0 radical (unpaired) electrons. The van der Waals surface area contributed by atoms with Crippen LogP contribution >= 0.6 is 0 Å². The standard InChI is InChI=1S/C29H34N2O7/c1-5-37-22-14-9-8-13-21(22)31(29(33)23-15-10-16-38-23)26(28(32)30-20-11-6-7-12-20)19-17-24(34-2)27(36-4)25(18-19)35-3/h8-10,13-18,20,26H,5-7,11-12H2,1-4H3,(H,30,32)/t26-/m0/s1. The Balaban J connectivity index is 1.94. The zero-order valence-electron chi connectivity index (χ0n) is 22.2. The van der Waals surface area contributed by atoms with E-state index >= 15 is 0 Å². The average Bonchev–Trinajstić information content (AvgIpc) is 3.66. The zero-order chi connectivity index (χ0) is 27.1. The molecule has 2 aromatic carbocycles. The van der Waals surface area contributed by atoms with E-state index in [0.717, 1.165) is 25.7 Å².